The first-order valence-corrected chi connectivity index (χ1v) is 15.8. The minimum Gasteiger partial charge on any atom is -0.481 e. The first-order chi connectivity index (χ1) is 22.6. The predicted molar refractivity (Wildman–Crippen MR) is 172 cm³/mol. The fourth-order valence-electron chi connectivity index (χ4n) is 4.43. The van der Waals surface area contributed by atoms with Gasteiger partial charge in [-0.1, -0.05) is 41.5 Å². The SMILES string of the molecule is CC(C)C[C@H](NC(=O)[C@@H](NC(=O)[C@H](CC(N)=O)NC(=O)[C@@H](N)CCC(=O)O)C(C)C)C(=O)N[C@@H](CCC(=O)O)C(=O)N[C@H](C(=O)O)C(C)C. The van der Waals surface area contributed by atoms with E-state index in [9.17, 15) is 48.3 Å². The largest absolute Gasteiger partial charge is 0.481 e. The van der Waals surface area contributed by atoms with Gasteiger partial charge in [0.2, 0.25) is 35.4 Å². The number of carboxylic acid groups (broad SMARTS) is 3. The summed E-state index contributed by atoms with van der Waals surface area (Å²) in [7, 11) is 0. The summed E-state index contributed by atoms with van der Waals surface area (Å²) in [6, 6.07) is -8.37. The summed E-state index contributed by atoms with van der Waals surface area (Å²) in [6.07, 6.45) is -2.30. The number of aliphatic carboxylic acids is 3. The molecule has 0 saturated carbocycles. The lowest BCUT2D eigenvalue weighted by atomic mass is 9.98. The lowest BCUT2D eigenvalue weighted by Gasteiger charge is -2.29. The Morgan fingerprint density at radius 3 is 1.43 bits per heavy atom. The van der Waals surface area contributed by atoms with Gasteiger partial charge in [0, 0.05) is 12.8 Å². The van der Waals surface area contributed by atoms with Gasteiger partial charge >= 0.3 is 17.9 Å². The minimum atomic E-state index is -1.58. The molecule has 0 unspecified atom stereocenters. The molecular weight excluding hydrogens is 650 g/mol. The summed E-state index contributed by atoms with van der Waals surface area (Å²) in [4.78, 5) is 111. The molecule has 0 aromatic heterocycles. The van der Waals surface area contributed by atoms with E-state index in [-0.39, 0.29) is 18.8 Å². The van der Waals surface area contributed by atoms with Crippen molar-refractivity contribution in [3.05, 3.63) is 0 Å². The normalized spacial score (nSPS) is 14.8. The smallest absolute Gasteiger partial charge is 0.326 e. The third kappa shape index (κ3) is 17.2. The second-order valence-electron chi connectivity index (χ2n) is 12.8. The number of primary amides is 1. The second kappa shape index (κ2) is 21.2. The van der Waals surface area contributed by atoms with Crippen molar-refractivity contribution in [2.24, 2.45) is 29.2 Å². The highest BCUT2D eigenvalue weighted by Gasteiger charge is 2.35. The zero-order valence-corrected chi connectivity index (χ0v) is 28.6. The Morgan fingerprint density at radius 2 is 0.980 bits per heavy atom. The van der Waals surface area contributed by atoms with Gasteiger partial charge in [-0.2, -0.15) is 0 Å². The Balaban J connectivity index is 6.09. The summed E-state index contributed by atoms with van der Waals surface area (Å²) in [5.41, 5.74) is 10.9. The van der Waals surface area contributed by atoms with Gasteiger partial charge in [0.1, 0.15) is 30.2 Å². The van der Waals surface area contributed by atoms with Gasteiger partial charge < -0.3 is 53.4 Å². The van der Waals surface area contributed by atoms with E-state index in [1.807, 2.05) is 0 Å². The topological polar surface area (TPSA) is 327 Å². The van der Waals surface area contributed by atoms with Gasteiger partial charge in [0.15, 0.2) is 0 Å². The van der Waals surface area contributed by atoms with Crippen LogP contribution in [0.15, 0.2) is 0 Å². The van der Waals surface area contributed by atoms with Gasteiger partial charge in [0.05, 0.1) is 12.5 Å². The van der Waals surface area contributed by atoms with Crippen LogP contribution >= 0.6 is 0 Å². The van der Waals surface area contributed by atoms with Gasteiger partial charge in [-0.25, -0.2) is 4.79 Å². The van der Waals surface area contributed by atoms with Crippen molar-refractivity contribution in [2.45, 2.75) is 116 Å². The van der Waals surface area contributed by atoms with E-state index in [0.29, 0.717) is 0 Å². The van der Waals surface area contributed by atoms with Crippen molar-refractivity contribution in [2.75, 3.05) is 0 Å². The van der Waals surface area contributed by atoms with Gasteiger partial charge in [-0.05, 0) is 37.0 Å². The highest BCUT2D eigenvalue weighted by Crippen LogP contribution is 2.11. The average molecular weight is 702 g/mol. The molecule has 0 fully saturated rings. The summed E-state index contributed by atoms with van der Waals surface area (Å²) in [5, 5.41) is 39.3. The van der Waals surface area contributed by atoms with Crippen molar-refractivity contribution in [3.63, 3.8) is 0 Å². The fourth-order valence-corrected chi connectivity index (χ4v) is 4.43. The van der Waals surface area contributed by atoms with Crippen LogP contribution in [0, 0.1) is 17.8 Å². The molecule has 12 N–H and O–H groups in total. The van der Waals surface area contributed by atoms with Crippen molar-refractivity contribution in [3.8, 4) is 0 Å². The molecule has 6 amide bonds. The zero-order valence-electron chi connectivity index (χ0n) is 28.6. The van der Waals surface area contributed by atoms with E-state index in [0.717, 1.165) is 0 Å². The van der Waals surface area contributed by atoms with Crippen molar-refractivity contribution < 1.29 is 58.5 Å². The molecule has 0 heterocycles. The fraction of sp³-hybridized carbons (Fsp3) is 0.700. The standard InChI is InChI=1S/C30H51N7O12/c1-13(2)11-18(27(45)33-17(8-10-22(41)42)26(44)37-24(15(5)6)30(48)49)35-29(47)23(14(3)4)36-28(46)19(12-20(32)38)34-25(43)16(31)7-9-21(39)40/h13-19,23-24H,7-12,31H2,1-6H3,(H2,32,38)(H,33,45)(H,34,43)(H,35,47)(H,36,46)(H,37,44)(H,39,40)(H,41,42)(H,48,49)/t16-,17-,18-,19-,23-,24-/m0/s1. The Labute approximate surface area is 284 Å². The Morgan fingerprint density at radius 1 is 0.551 bits per heavy atom. The van der Waals surface area contributed by atoms with Gasteiger partial charge in [-0.3, -0.25) is 38.4 Å². The van der Waals surface area contributed by atoms with E-state index in [1.54, 1.807) is 41.5 Å². The first kappa shape index (κ1) is 44.2. The number of hydrogen-bond donors (Lipinski definition) is 10. The molecule has 0 aliphatic rings. The van der Waals surface area contributed by atoms with E-state index in [1.165, 1.54) is 0 Å². The minimum absolute atomic E-state index is 0.0297. The third-order valence-corrected chi connectivity index (χ3v) is 7.14. The molecule has 0 aliphatic carbocycles. The maximum Gasteiger partial charge on any atom is 0.326 e. The molecule has 278 valence electrons. The van der Waals surface area contributed by atoms with E-state index in [2.05, 4.69) is 26.6 Å². The molecule has 0 bridgehead atoms. The van der Waals surface area contributed by atoms with Crippen molar-refractivity contribution in [1.29, 1.82) is 0 Å². The maximum absolute atomic E-state index is 13.5. The number of nitrogens with one attached hydrogen (secondary N) is 5. The van der Waals surface area contributed by atoms with Crippen LogP contribution in [0.1, 0.15) is 80.1 Å². The molecule has 0 aromatic rings. The average Bonchev–Trinajstić information content (AvgIpc) is 2.96. The molecule has 6 atom stereocenters. The molecule has 19 heteroatoms. The van der Waals surface area contributed by atoms with E-state index < -0.39 is 127 Å². The monoisotopic (exact) mass is 701 g/mol. The number of carbonyl (C=O) groups excluding carboxylic acids is 6. The van der Waals surface area contributed by atoms with Crippen LogP contribution in [0.3, 0.4) is 0 Å². The Bertz CT molecular complexity index is 1220. The number of hydrogen-bond acceptors (Lipinski definition) is 10. The summed E-state index contributed by atoms with van der Waals surface area (Å²) in [5.74, 6) is -10.8. The Kier molecular flexibility index (Phi) is 19.1. The summed E-state index contributed by atoms with van der Waals surface area (Å²) >= 11 is 0. The van der Waals surface area contributed by atoms with Gasteiger partial charge in [-0.15, -0.1) is 0 Å². The Hall–Kier alpha value is -4.81. The number of rotatable bonds is 23. The first-order valence-electron chi connectivity index (χ1n) is 15.8. The van der Waals surface area contributed by atoms with Crippen molar-refractivity contribution in [1.82, 2.24) is 26.6 Å². The number of carbonyl (C=O) groups is 9. The third-order valence-electron chi connectivity index (χ3n) is 7.14. The van der Waals surface area contributed by atoms with Gasteiger partial charge in [0.25, 0.3) is 0 Å². The van der Waals surface area contributed by atoms with Crippen molar-refractivity contribution >= 4 is 53.4 Å². The molecule has 0 spiro atoms. The molecular formula is C30H51N7O12. The molecule has 0 radical (unpaired) electrons. The zero-order chi connectivity index (χ0) is 38.2. The van der Waals surface area contributed by atoms with E-state index in [4.69, 9.17) is 21.7 Å². The lowest BCUT2D eigenvalue weighted by molar-refractivity contribution is -0.144. The van der Waals surface area contributed by atoms with E-state index >= 15 is 0 Å². The summed E-state index contributed by atoms with van der Waals surface area (Å²) in [6.45, 7) is 9.69. The molecule has 0 rings (SSSR count). The number of carboxylic acids is 3. The van der Waals surface area contributed by atoms with Crippen LogP contribution in [0.5, 0.6) is 0 Å². The van der Waals surface area contributed by atoms with Crippen LogP contribution < -0.4 is 38.1 Å². The van der Waals surface area contributed by atoms with Crippen LogP contribution in [0.2, 0.25) is 0 Å². The number of amides is 6. The highest BCUT2D eigenvalue weighted by molar-refractivity contribution is 5.97. The lowest BCUT2D eigenvalue weighted by Crippen LogP contribution is -2.60. The molecule has 19 nitrogen and oxygen atoms in total. The van der Waals surface area contributed by atoms with Crippen LogP contribution in [0.25, 0.3) is 0 Å². The van der Waals surface area contributed by atoms with Crippen LogP contribution in [-0.4, -0.2) is 105 Å². The second-order valence-corrected chi connectivity index (χ2v) is 12.8. The number of nitrogens with two attached hydrogens (primary N) is 2. The maximum atomic E-state index is 13.5. The van der Waals surface area contributed by atoms with Crippen LogP contribution in [0.4, 0.5) is 0 Å². The molecule has 0 aliphatic heterocycles. The molecule has 0 saturated heterocycles. The predicted octanol–water partition coefficient (Wildman–Crippen LogP) is -2.21. The quantitative estimate of drug-likeness (QED) is 0.0541. The summed E-state index contributed by atoms with van der Waals surface area (Å²) < 4.78 is 0. The molecule has 0 aromatic carbocycles. The highest BCUT2D eigenvalue weighted by atomic mass is 16.4. The molecule has 49 heavy (non-hydrogen) atoms. The van der Waals surface area contributed by atoms with Crippen LogP contribution in [-0.2, 0) is 43.2 Å².